The maximum atomic E-state index is 5.24. The predicted octanol–water partition coefficient (Wildman–Crippen LogP) is 1.70. The van der Waals surface area contributed by atoms with E-state index in [0.717, 1.165) is 0 Å². The monoisotopic (exact) mass is 181 g/mol. The van der Waals surface area contributed by atoms with Crippen LogP contribution in [-0.2, 0) is 0 Å². The lowest BCUT2D eigenvalue weighted by Crippen LogP contribution is -2.12. The molecule has 0 amide bonds. The first-order valence-corrected chi connectivity index (χ1v) is 4.44. The van der Waals surface area contributed by atoms with E-state index in [9.17, 15) is 0 Å². The number of hydrogen-bond acceptors (Lipinski definition) is 4. The third kappa shape index (κ3) is 3.27. The molecular weight excluding hydrogens is 166 g/mol. The molecule has 0 fully saturated rings. The summed E-state index contributed by atoms with van der Waals surface area (Å²) in [5.41, 5.74) is 0. The summed E-state index contributed by atoms with van der Waals surface area (Å²) in [5.74, 6) is 1.22. The smallest absolute Gasteiger partial charge is 0.226 e. The fourth-order valence-electron chi connectivity index (χ4n) is 0.898. The highest BCUT2D eigenvalue weighted by Gasteiger charge is 1.99. The fraction of sp³-hybridized carbons (Fsp3) is 0.556. The quantitative estimate of drug-likeness (QED) is 0.768. The largest absolute Gasteiger partial charge is 0.478 e. The second-order valence-electron chi connectivity index (χ2n) is 2.95. The van der Waals surface area contributed by atoms with Gasteiger partial charge in [-0.05, 0) is 20.8 Å². The average molecular weight is 181 g/mol. The second kappa shape index (κ2) is 4.64. The van der Waals surface area contributed by atoms with E-state index in [1.54, 1.807) is 12.3 Å². The Bertz CT molecular complexity index is 263. The molecule has 1 aromatic heterocycles. The lowest BCUT2D eigenvalue weighted by atomic mass is 10.4. The van der Waals surface area contributed by atoms with E-state index in [4.69, 9.17) is 4.74 Å². The van der Waals surface area contributed by atoms with Gasteiger partial charge in [0.25, 0.3) is 0 Å². The molecule has 4 heteroatoms. The van der Waals surface area contributed by atoms with Crippen molar-refractivity contribution in [3.05, 3.63) is 12.3 Å². The molecule has 1 rings (SSSR count). The van der Waals surface area contributed by atoms with Crippen molar-refractivity contribution in [1.82, 2.24) is 9.97 Å². The molecule has 0 atom stereocenters. The van der Waals surface area contributed by atoms with E-state index in [0.29, 0.717) is 24.5 Å². The van der Waals surface area contributed by atoms with Crippen LogP contribution in [0, 0.1) is 0 Å². The van der Waals surface area contributed by atoms with Gasteiger partial charge in [-0.25, -0.2) is 4.98 Å². The van der Waals surface area contributed by atoms with Gasteiger partial charge in [0.05, 0.1) is 6.61 Å². The first kappa shape index (κ1) is 9.77. The maximum absolute atomic E-state index is 5.24. The molecule has 0 radical (unpaired) electrons. The summed E-state index contributed by atoms with van der Waals surface area (Å²) in [6.07, 6.45) is 1.68. The number of anilines is 1. The molecule has 1 N–H and O–H groups in total. The van der Waals surface area contributed by atoms with E-state index < -0.39 is 0 Å². The van der Waals surface area contributed by atoms with Gasteiger partial charge in [0.15, 0.2) is 0 Å². The number of rotatable bonds is 4. The maximum Gasteiger partial charge on any atom is 0.226 e. The third-order valence-electron chi connectivity index (χ3n) is 1.34. The zero-order valence-corrected chi connectivity index (χ0v) is 8.24. The molecule has 0 saturated carbocycles. The number of nitrogens with one attached hydrogen (secondary N) is 1. The van der Waals surface area contributed by atoms with Crippen LogP contribution in [0.3, 0.4) is 0 Å². The second-order valence-corrected chi connectivity index (χ2v) is 2.95. The summed E-state index contributed by atoms with van der Waals surface area (Å²) in [7, 11) is 0. The minimum atomic E-state index is 0.330. The standard InChI is InChI=1S/C9H15N3O/c1-4-13-8-5-6-10-9(12-8)11-7(2)3/h5-7H,4H2,1-3H3,(H,10,11,12). The van der Waals surface area contributed by atoms with Crippen LogP contribution >= 0.6 is 0 Å². The van der Waals surface area contributed by atoms with Crippen molar-refractivity contribution in [3.63, 3.8) is 0 Å². The lowest BCUT2D eigenvalue weighted by molar-refractivity contribution is 0.326. The summed E-state index contributed by atoms with van der Waals surface area (Å²) >= 11 is 0. The Hall–Kier alpha value is -1.32. The normalized spacial score (nSPS) is 10.2. The summed E-state index contributed by atoms with van der Waals surface area (Å²) in [6, 6.07) is 2.08. The van der Waals surface area contributed by atoms with E-state index in [1.807, 2.05) is 20.8 Å². The van der Waals surface area contributed by atoms with Crippen LogP contribution in [0.5, 0.6) is 5.88 Å². The highest BCUT2D eigenvalue weighted by atomic mass is 16.5. The van der Waals surface area contributed by atoms with Crippen molar-refractivity contribution in [2.45, 2.75) is 26.8 Å². The molecule has 0 unspecified atom stereocenters. The van der Waals surface area contributed by atoms with E-state index in [2.05, 4.69) is 15.3 Å². The van der Waals surface area contributed by atoms with Crippen LogP contribution in [0.2, 0.25) is 0 Å². The Morgan fingerprint density at radius 1 is 1.54 bits per heavy atom. The van der Waals surface area contributed by atoms with Gasteiger partial charge >= 0.3 is 0 Å². The van der Waals surface area contributed by atoms with Crippen LogP contribution in [0.1, 0.15) is 20.8 Å². The van der Waals surface area contributed by atoms with Gasteiger partial charge < -0.3 is 10.1 Å². The van der Waals surface area contributed by atoms with E-state index in [-0.39, 0.29) is 0 Å². The van der Waals surface area contributed by atoms with Crippen molar-refractivity contribution in [2.75, 3.05) is 11.9 Å². The van der Waals surface area contributed by atoms with Gasteiger partial charge in [0.1, 0.15) is 0 Å². The fourth-order valence-corrected chi connectivity index (χ4v) is 0.898. The Kier molecular flexibility index (Phi) is 3.49. The van der Waals surface area contributed by atoms with Crippen LogP contribution in [-0.4, -0.2) is 22.6 Å². The summed E-state index contributed by atoms with van der Waals surface area (Å²) < 4.78 is 5.24. The van der Waals surface area contributed by atoms with Gasteiger partial charge in [0, 0.05) is 18.3 Å². The lowest BCUT2D eigenvalue weighted by Gasteiger charge is -2.08. The number of nitrogens with zero attached hydrogens (tertiary/aromatic N) is 2. The van der Waals surface area contributed by atoms with Gasteiger partial charge in [-0.15, -0.1) is 0 Å². The van der Waals surface area contributed by atoms with Crippen molar-refractivity contribution < 1.29 is 4.74 Å². The number of hydrogen-bond donors (Lipinski definition) is 1. The Balaban J connectivity index is 2.67. The van der Waals surface area contributed by atoms with Gasteiger partial charge in [-0.3, -0.25) is 0 Å². The van der Waals surface area contributed by atoms with Crippen molar-refractivity contribution in [3.8, 4) is 5.88 Å². The van der Waals surface area contributed by atoms with Crippen molar-refractivity contribution >= 4 is 5.95 Å². The van der Waals surface area contributed by atoms with Crippen LogP contribution in [0.4, 0.5) is 5.95 Å². The third-order valence-corrected chi connectivity index (χ3v) is 1.34. The van der Waals surface area contributed by atoms with Crippen LogP contribution in [0.15, 0.2) is 12.3 Å². The van der Waals surface area contributed by atoms with Crippen LogP contribution in [0.25, 0.3) is 0 Å². The van der Waals surface area contributed by atoms with E-state index in [1.165, 1.54) is 0 Å². The van der Waals surface area contributed by atoms with Gasteiger partial charge in [-0.2, -0.15) is 4.98 Å². The minimum Gasteiger partial charge on any atom is -0.478 e. The van der Waals surface area contributed by atoms with E-state index >= 15 is 0 Å². The Morgan fingerprint density at radius 2 is 2.31 bits per heavy atom. The van der Waals surface area contributed by atoms with Gasteiger partial charge in [0.2, 0.25) is 11.8 Å². The molecule has 0 aliphatic rings. The SMILES string of the molecule is CCOc1ccnc(NC(C)C)n1. The highest BCUT2D eigenvalue weighted by Crippen LogP contribution is 2.08. The molecule has 0 aromatic carbocycles. The number of ether oxygens (including phenoxy) is 1. The first-order valence-electron chi connectivity index (χ1n) is 4.44. The molecule has 0 spiro atoms. The molecule has 72 valence electrons. The van der Waals surface area contributed by atoms with Gasteiger partial charge in [-0.1, -0.05) is 0 Å². The average Bonchev–Trinajstić information content (AvgIpc) is 2.04. The summed E-state index contributed by atoms with van der Waals surface area (Å²) in [5, 5.41) is 3.10. The molecule has 0 aliphatic heterocycles. The highest BCUT2D eigenvalue weighted by molar-refractivity contribution is 5.28. The molecule has 0 bridgehead atoms. The molecule has 1 aromatic rings. The summed E-state index contributed by atoms with van der Waals surface area (Å²) in [4.78, 5) is 8.22. The van der Waals surface area contributed by atoms with Crippen molar-refractivity contribution in [2.24, 2.45) is 0 Å². The Labute approximate surface area is 78.4 Å². The number of aromatic nitrogens is 2. The molecular formula is C9H15N3O. The minimum absolute atomic E-state index is 0.330. The molecule has 0 saturated heterocycles. The zero-order chi connectivity index (χ0) is 9.68. The summed E-state index contributed by atoms with van der Waals surface area (Å²) in [6.45, 7) is 6.63. The molecule has 1 heterocycles. The van der Waals surface area contributed by atoms with Crippen LogP contribution < -0.4 is 10.1 Å². The zero-order valence-electron chi connectivity index (χ0n) is 8.24. The first-order chi connectivity index (χ1) is 6.22. The molecule has 0 aliphatic carbocycles. The Morgan fingerprint density at radius 3 is 2.92 bits per heavy atom. The molecule has 4 nitrogen and oxygen atoms in total. The predicted molar refractivity (Wildman–Crippen MR) is 52.0 cm³/mol. The topological polar surface area (TPSA) is 47.0 Å². The van der Waals surface area contributed by atoms with Crippen molar-refractivity contribution in [1.29, 1.82) is 0 Å². The molecule has 13 heavy (non-hydrogen) atoms.